The van der Waals surface area contributed by atoms with Crippen LogP contribution in [0.5, 0.6) is 0 Å². The molecule has 2 heterocycles. The van der Waals surface area contributed by atoms with Crippen LogP contribution in [0.1, 0.15) is 12.8 Å². The average molecular weight is 211 g/mol. The Morgan fingerprint density at radius 2 is 2.27 bits per heavy atom. The molecule has 2 rings (SSSR count). The van der Waals surface area contributed by atoms with Crippen LogP contribution in [0.15, 0.2) is 16.8 Å². The van der Waals surface area contributed by atoms with Crippen LogP contribution < -0.4 is 10.6 Å². The van der Waals surface area contributed by atoms with Gasteiger partial charge in [0.25, 0.3) is 0 Å². The van der Waals surface area contributed by atoms with Crippen molar-refractivity contribution in [3.63, 3.8) is 0 Å². The number of anilines is 1. The number of aromatic nitrogens is 1. The van der Waals surface area contributed by atoms with Crippen molar-refractivity contribution in [1.82, 2.24) is 10.5 Å². The summed E-state index contributed by atoms with van der Waals surface area (Å²) < 4.78 is 9.93. The van der Waals surface area contributed by atoms with Crippen LogP contribution in [0, 0.1) is 0 Å². The number of hydrogen-bond donors (Lipinski definition) is 2. The van der Waals surface area contributed by atoms with Gasteiger partial charge in [0, 0.05) is 25.3 Å². The predicted octanol–water partition coefficient (Wildman–Crippen LogP) is 0.975. The minimum Gasteiger partial charge on any atom is -0.381 e. The SMILES string of the molecule is O=C(Nc1ccno1)NC1CCOCC1. The number of nitrogens with zero attached hydrogens (tertiary/aromatic N) is 1. The molecule has 0 aliphatic carbocycles. The Morgan fingerprint density at radius 1 is 1.47 bits per heavy atom. The maximum absolute atomic E-state index is 11.4. The summed E-state index contributed by atoms with van der Waals surface area (Å²) in [6.07, 6.45) is 3.18. The summed E-state index contributed by atoms with van der Waals surface area (Å²) in [6, 6.07) is 1.50. The first-order valence-electron chi connectivity index (χ1n) is 4.90. The van der Waals surface area contributed by atoms with Crippen LogP contribution in [-0.4, -0.2) is 30.4 Å². The molecule has 0 spiro atoms. The topological polar surface area (TPSA) is 76.4 Å². The number of carbonyl (C=O) groups excluding carboxylic acids is 1. The second-order valence-corrected chi connectivity index (χ2v) is 3.36. The van der Waals surface area contributed by atoms with E-state index in [1.807, 2.05) is 0 Å². The van der Waals surface area contributed by atoms with E-state index in [9.17, 15) is 4.79 Å². The molecule has 6 nitrogen and oxygen atoms in total. The highest BCUT2D eigenvalue weighted by Crippen LogP contribution is 2.07. The van der Waals surface area contributed by atoms with Gasteiger partial charge in [0.2, 0.25) is 5.88 Å². The van der Waals surface area contributed by atoms with Crippen LogP contribution in [0.3, 0.4) is 0 Å². The Morgan fingerprint density at radius 3 is 2.93 bits per heavy atom. The highest BCUT2D eigenvalue weighted by molar-refractivity contribution is 5.87. The molecule has 1 aliphatic heterocycles. The van der Waals surface area contributed by atoms with Gasteiger partial charge in [-0.05, 0) is 12.8 Å². The first-order chi connectivity index (χ1) is 7.34. The zero-order chi connectivity index (χ0) is 10.5. The number of urea groups is 1. The van der Waals surface area contributed by atoms with Crippen molar-refractivity contribution in [2.45, 2.75) is 18.9 Å². The molecule has 1 fully saturated rings. The standard InChI is InChI=1S/C9H13N3O3/c13-9(12-8-1-4-10-15-8)11-7-2-5-14-6-3-7/h1,4,7H,2-3,5-6H2,(H2,11,12,13). The Balaban J connectivity index is 1.76. The Hall–Kier alpha value is -1.56. The monoisotopic (exact) mass is 211 g/mol. The van der Waals surface area contributed by atoms with E-state index in [4.69, 9.17) is 9.26 Å². The van der Waals surface area contributed by atoms with Crippen molar-refractivity contribution >= 4 is 11.9 Å². The van der Waals surface area contributed by atoms with Crippen molar-refractivity contribution in [2.75, 3.05) is 18.5 Å². The van der Waals surface area contributed by atoms with Gasteiger partial charge in [-0.25, -0.2) is 4.79 Å². The molecule has 1 aromatic heterocycles. The smallest absolute Gasteiger partial charge is 0.321 e. The van der Waals surface area contributed by atoms with Gasteiger partial charge in [-0.2, -0.15) is 0 Å². The lowest BCUT2D eigenvalue weighted by Crippen LogP contribution is -2.41. The highest BCUT2D eigenvalue weighted by Gasteiger charge is 2.16. The number of carbonyl (C=O) groups is 1. The fourth-order valence-corrected chi connectivity index (χ4v) is 1.46. The number of nitrogens with one attached hydrogen (secondary N) is 2. The fraction of sp³-hybridized carbons (Fsp3) is 0.556. The molecule has 2 amide bonds. The second kappa shape index (κ2) is 4.79. The quantitative estimate of drug-likeness (QED) is 0.764. The van der Waals surface area contributed by atoms with Crippen LogP contribution in [0.4, 0.5) is 10.7 Å². The van der Waals surface area contributed by atoms with Crippen LogP contribution in [0.25, 0.3) is 0 Å². The maximum Gasteiger partial charge on any atom is 0.321 e. The second-order valence-electron chi connectivity index (χ2n) is 3.36. The van der Waals surface area contributed by atoms with Crippen molar-refractivity contribution in [2.24, 2.45) is 0 Å². The Kier molecular flexibility index (Phi) is 3.18. The summed E-state index contributed by atoms with van der Waals surface area (Å²) in [6.45, 7) is 1.40. The van der Waals surface area contributed by atoms with E-state index in [0.29, 0.717) is 19.1 Å². The van der Waals surface area contributed by atoms with E-state index in [0.717, 1.165) is 12.8 Å². The van der Waals surface area contributed by atoms with Crippen LogP contribution in [-0.2, 0) is 4.74 Å². The Labute approximate surface area is 87.0 Å². The third-order valence-electron chi connectivity index (χ3n) is 2.23. The number of amides is 2. The summed E-state index contributed by atoms with van der Waals surface area (Å²) in [5.41, 5.74) is 0. The van der Waals surface area contributed by atoms with Gasteiger partial charge in [-0.3, -0.25) is 5.32 Å². The lowest BCUT2D eigenvalue weighted by Gasteiger charge is -2.22. The van der Waals surface area contributed by atoms with E-state index in [2.05, 4.69) is 15.8 Å². The van der Waals surface area contributed by atoms with Gasteiger partial charge in [0.15, 0.2) is 0 Å². The van der Waals surface area contributed by atoms with E-state index < -0.39 is 0 Å². The lowest BCUT2D eigenvalue weighted by atomic mass is 10.1. The molecule has 1 aromatic rings. The van der Waals surface area contributed by atoms with Crippen LogP contribution in [0.2, 0.25) is 0 Å². The molecule has 0 saturated carbocycles. The summed E-state index contributed by atoms with van der Waals surface area (Å²) in [5, 5.41) is 8.87. The van der Waals surface area contributed by atoms with Crippen molar-refractivity contribution < 1.29 is 14.1 Å². The van der Waals surface area contributed by atoms with Crippen LogP contribution >= 0.6 is 0 Å². The molecule has 2 N–H and O–H groups in total. The summed E-state index contributed by atoms with van der Waals surface area (Å²) in [7, 11) is 0. The molecule has 0 bridgehead atoms. The van der Waals surface area contributed by atoms with Gasteiger partial charge in [0.05, 0.1) is 6.20 Å². The molecule has 1 aliphatic rings. The molecule has 1 saturated heterocycles. The number of ether oxygens (including phenoxy) is 1. The van der Waals surface area contributed by atoms with Gasteiger partial charge in [0.1, 0.15) is 0 Å². The third kappa shape index (κ3) is 2.95. The molecule has 0 radical (unpaired) electrons. The average Bonchev–Trinajstić information content (AvgIpc) is 2.71. The van der Waals surface area contributed by atoms with Gasteiger partial charge >= 0.3 is 6.03 Å². The van der Waals surface area contributed by atoms with E-state index in [1.165, 1.54) is 6.20 Å². The Bertz CT molecular complexity index is 306. The largest absolute Gasteiger partial charge is 0.381 e. The van der Waals surface area contributed by atoms with Gasteiger partial charge in [-0.15, -0.1) is 0 Å². The van der Waals surface area contributed by atoms with E-state index in [1.54, 1.807) is 6.07 Å². The van der Waals surface area contributed by atoms with E-state index in [-0.39, 0.29) is 12.1 Å². The molecular weight excluding hydrogens is 198 g/mol. The predicted molar refractivity (Wildman–Crippen MR) is 52.5 cm³/mol. The lowest BCUT2D eigenvalue weighted by molar-refractivity contribution is 0.0806. The molecule has 0 unspecified atom stereocenters. The van der Waals surface area contributed by atoms with Crippen molar-refractivity contribution in [1.29, 1.82) is 0 Å². The molecule has 0 aromatic carbocycles. The summed E-state index contributed by atoms with van der Waals surface area (Å²) in [4.78, 5) is 11.4. The molecular formula is C9H13N3O3. The fourth-order valence-electron chi connectivity index (χ4n) is 1.46. The molecule has 6 heteroatoms. The molecule has 15 heavy (non-hydrogen) atoms. The molecule has 82 valence electrons. The summed E-state index contributed by atoms with van der Waals surface area (Å²) >= 11 is 0. The minimum atomic E-state index is -0.265. The summed E-state index contributed by atoms with van der Waals surface area (Å²) in [5.74, 6) is 0.347. The van der Waals surface area contributed by atoms with Gasteiger partial charge < -0.3 is 14.6 Å². The zero-order valence-corrected chi connectivity index (χ0v) is 8.23. The van der Waals surface area contributed by atoms with Crippen molar-refractivity contribution in [3.8, 4) is 0 Å². The minimum absolute atomic E-state index is 0.182. The zero-order valence-electron chi connectivity index (χ0n) is 8.23. The third-order valence-corrected chi connectivity index (χ3v) is 2.23. The van der Waals surface area contributed by atoms with Crippen molar-refractivity contribution in [3.05, 3.63) is 12.3 Å². The van der Waals surface area contributed by atoms with E-state index >= 15 is 0 Å². The molecule has 0 atom stereocenters. The highest BCUT2D eigenvalue weighted by atomic mass is 16.5. The number of hydrogen-bond acceptors (Lipinski definition) is 4. The first kappa shape index (κ1) is 9.97. The van der Waals surface area contributed by atoms with Gasteiger partial charge in [-0.1, -0.05) is 5.16 Å². The maximum atomic E-state index is 11.4. The normalized spacial score (nSPS) is 17.3. The number of rotatable bonds is 2. The first-order valence-corrected chi connectivity index (χ1v) is 4.90.